The number of carbonyl (C=O) groups excluding carboxylic acids is 1. The molecule has 4 aliphatic rings. The first-order valence-electron chi connectivity index (χ1n) is 11.6. The molecule has 3 fully saturated rings. The fourth-order valence-electron chi connectivity index (χ4n) is 5.35. The number of amides is 1. The van der Waals surface area contributed by atoms with Crippen molar-refractivity contribution in [1.82, 2.24) is 14.9 Å². The van der Waals surface area contributed by atoms with Crippen molar-refractivity contribution in [1.29, 1.82) is 0 Å². The number of carbonyl (C=O) groups is 1. The van der Waals surface area contributed by atoms with Gasteiger partial charge >= 0.3 is 0 Å². The lowest BCUT2D eigenvalue weighted by molar-refractivity contribution is -0.140. The van der Waals surface area contributed by atoms with Gasteiger partial charge in [0.2, 0.25) is 5.95 Å². The molecule has 9 heteroatoms. The molecule has 1 amide bonds. The minimum atomic E-state index is -0.845. The second kappa shape index (κ2) is 8.85. The average Bonchev–Trinajstić information content (AvgIpc) is 3.32. The van der Waals surface area contributed by atoms with E-state index in [0.717, 1.165) is 18.9 Å². The van der Waals surface area contributed by atoms with E-state index in [0.29, 0.717) is 50.7 Å². The summed E-state index contributed by atoms with van der Waals surface area (Å²) in [6.45, 7) is 3.68. The molecule has 0 aromatic carbocycles. The Morgan fingerprint density at radius 2 is 1.94 bits per heavy atom. The third-order valence-electron chi connectivity index (χ3n) is 7.00. The molecule has 7 nitrogen and oxygen atoms in total. The van der Waals surface area contributed by atoms with Gasteiger partial charge in [0.05, 0.1) is 19.0 Å². The number of allylic oxidation sites excluding steroid dienone is 5. The van der Waals surface area contributed by atoms with E-state index >= 15 is 0 Å². The Hall–Kier alpha value is -2.81. The zero-order valence-electron chi connectivity index (χ0n) is 18.6. The largest absolute Gasteiger partial charge is 0.491 e. The molecule has 3 aliphatic heterocycles. The van der Waals surface area contributed by atoms with E-state index in [1.807, 2.05) is 11.8 Å². The predicted octanol–water partition coefficient (Wildman–Crippen LogP) is 3.84. The standard InChI is InChI=1S/C24H28F2N4O3/c1-2-32-19-14-27-23(28-15-19)29-11-9-24(10-12-29)22(31)30-20(7-8-21(30)33-24)16-3-5-17(25)13-18(26)6-4-16/h3,5-6,13-16,20-21H,2,4,7-12H2,1H3/b5-3+,17-13+,18-6+/t16?,20-,21+/m0/s1. The van der Waals surface area contributed by atoms with Crippen LogP contribution in [0.1, 0.15) is 39.0 Å². The highest BCUT2D eigenvalue weighted by Crippen LogP contribution is 2.45. The molecular weight excluding hydrogens is 430 g/mol. The first-order valence-corrected chi connectivity index (χ1v) is 11.6. The molecule has 0 saturated carbocycles. The maximum Gasteiger partial charge on any atom is 0.257 e. The van der Waals surface area contributed by atoms with E-state index in [2.05, 4.69) is 14.9 Å². The van der Waals surface area contributed by atoms with Crippen LogP contribution in [-0.2, 0) is 9.53 Å². The highest BCUT2D eigenvalue weighted by molar-refractivity contribution is 5.88. The van der Waals surface area contributed by atoms with E-state index in [4.69, 9.17) is 9.47 Å². The van der Waals surface area contributed by atoms with Crippen LogP contribution in [-0.4, -0.2) is 58.3 Å². The Kier molecular flexibility index (Phi) is 5.90. The number of hydrogen-bond donors (Lipinski definition) is 0. The summed E-state index contributed by atoms with van der Waals surface area (Å²) in [4.78, 5) is 26.3. The fraction of sp³-hybridized carbons (Fsp3) is 0.542. The van der Waals surface area contributed by atoms with E-state index in [-0.39, 0.29) is 24.1 Å². The Bertz CT molecular complexity index is 986. The average molecular weight is 459 g/mol. The lowest BCUT2D eigenvalue weighted by atomic mass is 9.88. The zero-order chi connectivity index (χ0) is 23.0. The third-order valence-corrected chi connectivity index (χ3v) is 7.00. The maximum absolute atomic E-state index is 13.8. The molecule has 1 aromatic rings. The molecule has 1 aromatic heterocycles. The van der Waals surface area contributed by atoms with Crippen LogP contribution < -0.4 is 9.64 Å². The Morgan fingerprint density at radius 1 is 1.18 bits per heavy atom. The molecule has 0 bridgehead atoms. The summed E-state index contributed by atoms with van der Waals surface area (Å²) in [6.07, 6.45) is 11.4. The number of fused-ring (bicyclic) bond motifs is 1. The van der Waals surface area contributed by atoms with Crippen molar-refractivity contribution in [2.75, 3.05) is 24.6 Å². The van der Waals surface area contributed by atoms with Gasteiger partial charge < -0.3 is 19.3 Å². The lowest BCUT2D eigenvalue weighted by Gasteiger charge is -2.37. The SMILES string of the molecule is CCOc1cnc(N2CCC3(CC2)O[C@@H]2CC[C@@H](C4/C=C/C(F)=C\C(F)=C/C4)N2C3=O)nc1. The molecule has 0 N–H and O–H groups in total. The number of ether oxygens (including phenoxy) is 2. The predicted molar refractivity (Wildman–Crippen MR) is 118 cm³/mol. The minimum Gasteiger partial charge on any atom is -0.491 e. The van der Waals surface area contributed by atoms with Crippen LogP contribution in [0.15, 0.2) is 48.4 Å². The second-order valence-electron chi connectivity index (χ2n) is 8.94. The van der Waals surface area contributed by atoms with Crippen LogP contribution in [0.4, 0.5) is 14.7 Å². The van der Waals surface area contributed by atoms with Crippen LogP contribution in [0.25, 0.3) is 0 Å². The van der Waals surface area contributed by atoms with E-state index in [1.165, 1.54) is 12.2 Å². The first-order chi connectivity index (χ1) is 16.0. The highest BCUT2D eigenvalue weighted by atomic mass is 19.1. The van der Waals surface area contributed by atoms with Gasteiger partial charge in [0.25, 0.3) is 5.91 Å². The fourth-order valence-corrected chi connectivity index (χ4v) is 5.35. The summed E-state index contributed by atoms with van der Waals surface area (Å²) in [5.74, 6) is -0.115. The summed E-state index contributed by atoms with van der Waals surface area (Å²) in [6, 6.07) is -0.124. The number of aromatic nitrogens is 2. The van der Waals surface area contributed by atoms with E-state index in [1.54, 1.807) is 18.5 Å². The summed E-state index contributed by atoms with van der Waals surface area (Å²) >= 11 is 0. The van der Waals surface area contributed by atoms with Gasteiger partial charge in [-0.15, -0.1) is 0 Å². The molecule has 1 unspecified atom stereocenters. The molecule has 176 valence electrons. The van der Waals surface area contributed by atoms with Crippen molar-refractivity contribution >= 4 is 11.9 Å². The van der Waals surface area contributed by atoms with Crippen LogP contribution in [0, 0.1) is 5.92 Å². The summed E-state index contributed by atoms with van der Waals surface area (Å²) < 4.78 is 39.3. The molecular formula is C24H28F2N4O3. The maximum atomic E-state index is 13.8. The summed E-state index contributed by atoms with van der Waals surface area (Å²) in [5, 5.41) is 0. The lowest BCUT2D eigenvalue weighted by Crippen LogP contribution is -2.52. The quantitative estimate of drug-likeness (QED) is 0.683. The minimum absolute atomic E-state index is 0.00168. The van der Waals surface area contributed by atoms with Gasteiger partial charge in [-0.25, -0.2) is 18.7 Å². The van der Waals surface area contributed by atoms with Crippen molar-refractivity contribution in [3.63, 3.8) is 0 Å². The van der Waals surface area contributed by atoms with Crippen molar-refractivity contribution in [2.45, 2.75) is 56.9 Å². The van der Waals surface area contributed by atoms with Gasteiger partial charge in [0.1, 0.15) is 17.9 Å². The molecule has 0 radical (unpaired) electrons. The zero-order valence-corrected chi connectivity index (χ0v) is 18.6. The molecule has 5 rings (SSSR count). The molecule has 4 heterocycles. The van der Waals surface area contributed by atoms with Crippen LogP contribution in [0.5, 0.6) is 5.75 Å². The molecule has 3 saturated heterocycles. The first kappa shape index (κ1) is 22.0. The monoisotopic (exact) mass is 458 g/mol. The molecule has 33 heavy (non-hydrogen) atoms. The third kappa shape index (κ3) is 4.14. The molecule has 1 spiro atoms. The van der Waals surface area contributed by atoms with Crippen molar-refractivity contribution < 1.29 is 23.0 Å². The molecule has 3 atom stereocenters. The van der Waals surface area contributed by atoms with Gasteiger partial charge in [0.15, 0.2) is 11.4 Å². The normalized spacial score (nSPS) is 33.1. The number of halogens is 2. The van der Waals surface area contributed by atoms with Crippen molar-refractivity contribution in [3.05, 3.63) is 48.4 Å². The Balaban J connectivity index is 1.27. The van der Waals surface area contributed by atoms with Crippen LogP contribution in [0.2, 0.25) is 0 Å². The van der Waals surface area contributed by atoms with Gasteiger partial charge in [-0.3, -0.25) is 4.79 Å². The number of hydrogen-bond acceptors (Lipinski definition) is 6. The number of nitrogens with zero attached hydrogens (tertiary/aromatic N) is 4. The number of rotatable bonds is 4. The smallest absolute Gasteiger partial charge is 0.257 e. The van der Waals surface area contributed by atoms with Crippen LogP contribution >= 0.6 is 0 Å². The molecule has 1 aliphatic carbocycles. The summed E-state index contributed by atoms with van der Waals surface area (Å²) in [5.41, 5.74) is -0.845. The Morgan fingerprint density at radius 3 is 2.67 bits per heavy atom. The van der Waals surface area contributed by atoms with E-state index in [9.17, 15) is 13.6 Å². The Labute approximate surface area is 191 Å². The van der Waals surface area contributed by atoms with Gasteiger partial charge in [-0.2, -0.15) is 0 Å². The topological polar surface area (TPSA) is 67.8 Å². The van der Waals surface area contributed by atoms with Gasteiger partial charge in [-0.05, 0) is 38.3 Å². The number of anilines is 1. The van der Waals surface area contributed by atoms with Crippen LogP contribution in [0.3, 0.4) is 0 Å². The van der Waals surface area contributed by atoms with Gasteiger partial charge in [0, 0.05) is 44.0 Å². The second-order valence-corrected chi connectivity index (χ2v) is 8.94. The van der Waals surface area contributed by atoms with Gasteiger partial charge in [-0.1, -0.05) is 6.08 Å². The summed E-state index contributed by atoms with van der Waals surface area (Å²) in [7, 11) is 0. The van der Waals surface area contributed by atoms with E-state index < -0.39 is 17.3 Å². The van der Waals surface area contributed by atoms with Crippen molar-refractivity contribution in [3.8, 4) is 5.75 Å². The van der Waals surface area contributed by atoms with Crippen molar-refractivity contribution in [2.24, 2.45) is 5.92 Å². The number of piperidine rings is 1. The highest BCUT2D eigenvalue weighted by Gasteiger charge is 2.58.